The summed E-state index contributed by atoms with van der Waals surface area (Å²) in [6.45, 7) is 5.58. The summed E-state index contributed by atoms with van der Waals surface area (Å²) < 4.78 is 2.31. The van der Waals surface area contributed by atoms with Crippen LogP contribution in [0.1, 0.15) is 16.8 Å². The Bertz CT molecular complexity index is 637. The highest BCUT2D eigenvalue weighted by Crippen LogP contribution is 2.29. The number of quaternary nitrogens is 1. The molecule has 2 aromatic rings. The largest absolute Gasteiger partial charge is 0.594 e. The minimum absolute atomic E-state index is 0.191. The Labute approximate surface area is 119 Å². The molecule has 0 spiro atoms. The number of nitrogens with zero attached hydrogens (tertiary/aromatic N) is 3. The first-order valence-corrected chi connectivity index (χ1v) is 6.53. The second kappa shape index (κ2) is 5.01. The van der Waals surface area contributed by atoms with E-state index in [9.17, 15) is 10.4 Å². The molecular formula is C12H15BrN4O2. The van der Waals surface area contributed by atoms with Gasteiger partial charge in [-0.25, -0.2) is 14.9 Å². The van der Waals surface area contributed by atoms with Crippen LogP contribution < -0.4 is 5.23 Å². The van der Waals surface area contributed by atoms with Crippen LogP contribution in [0.4, 0.5) is 5.82 Å². The lowest BCUT2D eigenvalue weighted by atomic mass is 10.1. The lowest BCUT2D eigenvalue weighted by Gasteiger charge is -2.11. The second-order valence-corrected chi connectivity index (χ2v) is 5.33. The van der Waals surface area contributed by atoms with E-state index in [1.54, 1.807) is 14.0 Å². The Balaban J connectivity index is 2.67. The van der Waals surface area contributed by atoms with Crippen LogP contribution in [0.25, 0.3) is 11.4 Å². The fraction of sp³-hybridized carbons (Fsp3) is 0.333. The van der Waals surface area contributed by atoms with Crippen molar-refractivity contribution in [1.82, 2.24) is 14.8 Å². The first kappa shape index (κ1) is 14.1. The molecule has 0 aliphatic rings. The third kappa shape index (κ3) is 2.42. The Morgan fingerprint density at radius 1 is 1.32 bits per heavy atom. The SMILES string of the molecule is Cc1cc(Br)c(C)nc1-c1nn(C)c([NH+]([O-])O)c1C. The van der Waals surface area contributed by atoms with Crippen LogP contribution in [0.2, 0.25) is 0 Å². The van der Waals surface area contributed by atoms with Crippen molar-refractivity contribution in [3.63, 3.8) is 0 Å². The van der Waals surface area contributed by atoms with Crippen LogP contribution in [-0.4, -0.2) is 20.0 Å². The highest BCUT2D eigenvalue weighted by molar-refractivity contribution is 9.10. The molecule has 2 rings (SSSR count). The van der Waals surface area contributed by atoms with Gasteiger partial charge >= 0.3 is 0 Å². The molecule has 6 nitrogen and oxygen atoms in total. The summed E-state index contributed by atoms with van der Waals surface area (Å²) in [5.41, 5.74) is 3.78. The molecule has 0 fully saturated rings. The third-order valence-corrected chi connectivity index (χ3v) is 3.86. The molecule has 7 heteroatoms. The first-order chi connectivity index (χ1) is 8.82. The number of aromatic nitrogens is 3. The molecule has 0 amide bonds. The van der Waals surface area contributed by atoms with Crippen LogP contribution in [0, 0.1) is 26.0 Å². The maximum Gasteiger partial charge on any atom is 0.260 e. The van der Waals surface area contributed by atoms with Gasteiger partial charge in [-0.15, -0.1) is 0 Å². The number of halogens is 1. The summed E-state index contributed by atoms with van der Waals surface area (Å²) in [4.78, 5) is 4.50. The van der Waals surface area contributed by atoms with E-state index >= 15 is 0 Å². The number of hydrogen-bond acceptors (Lipinski definition) is 4. The number of hydrogen-bond donors (Lipinski definition) is 2. The maximum absolute atomic E-state index is 11.2. The van der Waals surface area contributed by atoms with E-state index in [4.69, 9.17) is 0 Å². The Morgan fingerprint density at radius 2 is 1.95 bits per heavy atom. The van der Waals surface area contributed by atoms with E-state index in [2.05, 4.69) is 26.0 Å². The van der Waals surface area contributed by atoms with Gasteiger partial charge in [0, 0.05) is 11.5 Å². The zero-order chi connectivity index (χ0) is 14.3. The smallest absolute Gasteiger partial charge is 0.260 e. The van der Waals surface area contributed by atoms with Gasteiger partial charge in [0.25, 0.3) is 5.82 Å². The molecule has 0 radical (unpaired) electrons. The highest BCUT2D eigenvalue weighted by atomic mass is 79.9. The van der Waals surface area contributed by atoms with Crippen molar-refractivity contribution in [3.05, 3.63) is 32.6 Å². The molecule has 2 N–H and O–H groups in total. The van der Waals surface area contributed by atoms with E-state index in [1.165, 1.54) is 4.68 Å². The Kier molecular flexibility index (Phi) is 3.73. The highest BCUT2D eigenvalue weighted by Gasteiger charge is 2.21. The summed E-state index contributed by atoms with van der Waals surface area (Å²) in [6.07, 6.45) is 0. The average Bonchev–Trinajstić information content (AvgIpc) is 2.59. The van der Waals surface area contributed by atoms with Gasteiger partial charge in [-0.1, -0.05) is 0 Å². The van der Waals surface area contributed by atoms with Crippen LogP contribution in [0.15, 0.2) is 10.5 Å². The van der Waals surface area contributed by atoms with Crippen molar-refractivity contribution in [2.45, 2.75) is 20.8 Å². The molecule has 19 heavy (non-hydrogen) atoms. The van der Waals surface area contributed by atoms with E-state index in [0.717, 1.165) is 21.4 Å². The van der Waals surface area contributed by atoms with E-state index in [0.29, 0.717) is 11.3 Å². The fourth-order valence-corrected chi connectivity index (χ4v) is 2.50. The number of aryl methyl sites for hydroxylation is 3. The number of pyridine rings is 1. The lowest BCUT2D eigenvalue weighted by Crippen LogP contribution is -3.00. The van der Waals surface area contributed by atoms with Gasteiger partial charge in [-0.2, -0.15) is 10.3 Å². The van der Waals surface area contributed by atoms with Crippen LogP contribution in [-0.2, 0) is 7.05 Å². The maximum atomic E-state index is 11.2. The molecule has 0 saturated carbocycles. The standard InChI is InChI=1S/C12H15BrN4O2/c1-6-5-9(13)8(3)14-10(6)11-7(2)12(17(18)19)16(4)15-11/h5,17-18H,1-4H3. The summed E-state index contributed by atoms with van der Waals surface area (Å²) in [5.74, 6) is 0.191. The number of nitrogens with one attached hydrogen (secondary N) is 1. The molecule has 2 aromatic heterocycles. The first-order valence-electron chi connectivity index (χ1n) is 5.74. The molecule has 102 valence electrons. The summed E-state index contributed by atoms with van der Waals surface area (Å²) >= 11 is 3.43. The van der Waals surface area contributed by atoms with Crippen molar-refractivity contribution < 1.29 is 10.4 Å². The zero-order valence-electron chi connectivity index (χ0n) is 11.2. The molecule has 1 atom stereocenters. The minimum Gasteiger partial charge on any atom is -0.594 e. The fourth-order valence-electron chi connectivity index (χ4n) is 2.07. The van der Waals surface area contributed by atoms with Crippen molar-refractivity contribution in [2.24, 2.45) is 7.05 Å². The van der Waals surface area contributed by atoms with Gasteiger partial charge in [-0.3, -0.25) is 0 Å². The molecule has 0 saturated heterocycles. The summed E-state index contributed by atoms with van der Waals surface area (Å²) in [5, 5.41) is 23.7. The molecule has 0 aromatic carbocycles. The molecule has 2 heterocycles. The average molecular weight is 327 g/mol. The van der Waals surface area contributed by atoms with E-state index < -0.39 is 5.23 Å². The minimum atomic E-state index is -0.981. The van der Waals surface area contributed by atoms with Crippen molar-refractivity contribution in [2.75, 3.05) is 0 Å². The second-order valence-electron chi connectivity index (χ2n) is 4.47. The molecular weight excluding hydrogens is 312 g/mol. The quantitative estimate of drug-likeness (QED) is 0.821. The van der Waals surface area contributed by atoms with Gasteiger partial charge in [0.1, 0.15) is 5.69 Å². The Hall–Kier alpha value is -1.28. The lowest BCUT2D eigenvalue weighted by molar-refractivity contribution is -0.994. The Morgan fingerprint density at radius 3 is 2.47 bits per heavy atom. The third-order valence-electron chi connectivity index (χ3n) is 3.05. The molecule has 0 aliphatic carbocycles. The molecule has 0 aliphatic heterocycles. The van der Waals surface area contributed by atoms with E-state index in [1.807, 2.05) is 19.9 Å². The van der Waals surface area contributed by atoms with Crippen molar-refractivity contribution >= 4 is 21.7 Å². The zero-order valence-corrected chi connectivity index (χ0v) is 12.7. The van der Waals surface area contributed by atoms with Crippen LogP contribution >= 0.6 is 15.9 Å². The predicted octanol–water partition coefficient (Wildman–Crippen LogP) is 1.57. The van der Waals surface area contributed by atoms with Gasteiger partial charge in [0.2, 0.25) is 0 Å². The van der Waals surface area contributed by atoms with Gasteiger partial charge in [0.15, 0.2) is 0 Å². The predicted molar refractivity (Wildman–Crippen MR) is 74.1 cm³/mol. The number of rotatable bonds is 2. The normalized spacial score (nSPS) is 12.8. The summed E-state index contributed by atoms with van der Waals surface area (Å²) in [7, 11) is 1.63. The van der Waals surface area contributed by atoms with Gasteiger partial charge < -0.3 is 5.21 Å². The van der Waals surface area contributed by atoms with Crippen molar-refractivity contribution in [3.8, 4) is 11.4 Å². The summed E-state index contributed by atoms with van der Waals surface area (Å²) in [6, 6.07) is 1.96. The monoisotopic (exact) mass is 326 g/mol. The van der Waals surface area contributed by atoms with Crippen LogP contribution in [0.5, 0.6) is 0 Å². The molecule has 1 unspecified atom stereocenters. The van der Waals surface area contributed by atoms with Crippen LogP contribution in [0.3, 0.4) is 0 Å². The van der Waals surface area contributed by atoms with Crippen molar-refractivity contribution in [1.29, 1.82) is 0 Å². The molecule has 0 bridgehead atoms. The van der Waals surface area contributed by atoms with Gasteiger partial charge in [-0.05, 0) is 48.3 Å². The van der Waals surface area contributed by atoms with E-state index in [-0.39, 0.29) is 5.82 Å². The topological polar surface area (TPSA) is 78.4 Å². The van der Waals surface area contributed by atoms with Gasteiger partial charge in [0.05, 0.1) is 17.0 Å².